The highest BCUT2D eigenvalue weighted by Gasteiger charge is 2.12. The molecule has 0 bridgehead atoms. The van der Waals surface area contributed by atoms with Crippen LogP contribution in [0.1, 0.15) is 21.7 Å². The van der Waals surface area contributed by atoms with E-state index < -0.39 is 0 Å². The molecule has 6 heteroatoms. The third kappa shape index (κ3) is 4.19. The summed E-state index contributed by atoms with van der Waals surface area (Å²) in [7, 11) is 0. The molecule has 122 valence electrons. The quantitative estimate of drug-likeness (QED) is 0.638. The smallest absolute Gasteiger partial charge is 0.291 e. The second kappa shape index (κ2) is 7.55. The first-order chi connectivity index (χ1) is 11.6. The number of nitrogens with one attached hydrogen (secondary N) is 1. The fourth-order valence-corrected chi connectivity index (χ4v) is 3.01. The van der Waals surface area contributed by atoms with Gasteiger partial charge in [0, 0.05) is 28.9 Å². The van der Waals surface area contributed by atoms with Crippen molar-refractivity contribution in [1.82, 2.24) is 4.98 Å². The lowest BCUT2D eigenvalue weighted by molar-refractivity contribution is 0.0992. The van der Waals surface area contributed by atoms with Crippen LogP contribution < -0.4 is 5.32 Å². The molecule has 3 rings (SSSR count). The van der Waals surface area contributed by atoms with Crippen LogP contribution in [0.3, 0.4) is 0 Å². The van der Waals surface area contributed by atoms with E-state index in [9.17, 15) is 4.79 Å². The monoisotopic (exact) mass is 358 g/mol. The lowest BCUT2D eigenvalue weighted by Crippen LogP contribution is -2.10. The minimum atomic E-state index is -0.300. The number of rotatable bonds is 5. The molecule has 0 unspecified atom stereocenters. The molecule has 4 nitrogen and oxygen atoms in total. The molecular formula is C18H15ClN2O2S. The molecule has 2 aromatic heterocycles. The zero-order valence-electron chi connectivity index (χ0n) is 13.0. The molecule has 0 radical (unpaired) electrons. The summed E-state index contributed by atoms with van der Waals surface area (Å²) in [6, 6.07) is 12.7. The van der Waals surface area contributed by atoms with Crippen LogP contribution in [0.4, 0.5) is 5.69 Å². The minimum Gasteiger partial charge on any atom is -0.445 e. The number of anilines is 1. The summed E-state index contributed by atoms with van der Waals surface area (Å²) in [5.74, 6) is 0.722. The van der Waals surface area contributed by atoms with Crippen LogP contribution in [-0.4, -0.2) is 10.9 Å². The Morgan fingerprint density at radius 3 is 2.75 bits per heavy atom. The second-order valence-corrected chi connectivity index (χ2v) is 6.57. The van der Waals surface area contributed by atoms with Crippen molar-refractivity contribution in [3.63, 3.8) is 0 Å². The number of pyridine rings is 1. The number of hydrogen-bond acceptors (Lipinski definition) is 4. The predicted molar refractivity (Wildman–Crippen MR) is 96.6 cm³/mol. The Labute approximate surface area is 149 Å². The normalized spacial score (nSPS) is 10.6. The van der Waals surface area contributed by atoms with Crippen LogP contribution in [0.25, 0.3) is 0 Å². The Balaban J connectivity index is 1.62. The zero-order chi connectivity index (χ0) is 16.9. The van der Waals surface area contributed by atoms with Crippen LogP contribution in [-0.2, 0) is 5.75 Å². The largest absolute Gasteiger partial charge is 0.445 e. The Morgan fingerprint density at radius 2 is 2.00 bits per heavy atom. The Hall–Kier alpha value is -2.24. The number of furan rings is 1. The second-order valence-electron chi connectivity index (χ2n) is 5.18. The van der Waals surface area contributed by atoms with Crippen molar-refractivity contribution in [2.24, 2.45) is 0 Å². The average Bonchev–Trinajstić information content (AvgIpc) is 3.06. The topological polar surface area (TPSA) is 55.1 Å². The minimum absolute atomic E-state index is 0.268. The van der Waals surface area contributed by atoms with E-state index in [0.29, 0.717) is 15.8 Å². The van der Waals surface area contributed by atoms with E-state index in [-0.39, 0.29) is 11.7 Å². The van der Waals surface area contributed by atoms with Gasteiger partial charge in [-0.05, 0) is 54.4 Å². The number of hydrogen-bond donors (Lipinski definition) is 1. The van der Waals surface area contributed by atoms with Crippen molar-refractivity contribution in [1.29, 1.82) is 0 Å². The summed E-state index contributed by atoms with van der Waals surface area (Å²) in [5, 5.41) is 4.08. The van der Waals surface area contributed by atoms with Gasteiger partial charge in [0.05, 0.1) is 0 Å². The number of carbonyl (C=O) groups is 1. The summed E-state index contributed by atoms with van der Waals surface area (Å²) in [6.07, 6.45) is 3.51. The van der Waals surface area contributed by atoms with Gasteiger partial charge >= 0.3 is 0 Å². The standard InChI is InChI=1S/C18H15ClN2O2S/c1-12-2-3-14(10-15(12)19)21-18(22)16-4-5-17(23-16)24-11-13-6-8-20-9-7-13/h2-10H,11H2,1H3,(H,21,22). The summed E-state index contributed by atoms with van der Waals surface area (Å²) in [5.41, 5.74) is 2.74. The third-order valence-corrected chi connectivity index (χ3v) is 4.75. The average molecular weight is 359 g/mol. The number of nitrogens with zero attached hydrogens (tertiary/aromatic N) is 1. The highest BCUT2D eigenvalue weighted by molar-refractivity contribution is 7.98. The lowest BCUT2D eigenvalue weighted by atomic mass is 10.2. The fourth-order valence-electron chi connectivity index (χ4n) is 2.02. The maximum Gasteiger partial charge on any atom is 0.291 e. The molecule has 0 aliphatic carbocycles. The zero-order valence-corrected chi connectivity index (χ0v) is 14.5. The predicted octanol–water partition coefficient (Wildman–Crippen LogP) is 5.18. The van der Waals surface area contributed by atoms with Crippen molar-refractivity contribution in [2.75, 3.05) is 5.32 Å². The van der Waals surface area contributed by atoms with Gasteiger partial charge in [0.1, 0.15) is 0 Å². The van der Waals surface area contributed by atoms with Crippen LogP contribution in [0, 0.1) is 6.92 Å². The van der Waals surface area contributed by atoms with Crippen LogP contribution in [0.2, 0.25) is 5.02 Å². The Bertz CT molecular complexity index is 849. The van der Waals surface area contributed by atoms with Gasteiger partial charge in [0.15, 0.2) is 10.9 Å². The van der Waals surface area contributed by atoms with Gasteiger partial charge in [0.25, 0.3) is 5.91 Å². The van der Waals surface area contributed by atoms with E-state index in [1.165, 1.54) is 11.8 Å². The van der Waals surface area contributed by atoms with Crippen molar-refractivity contribution < 1.29 is 9.21 Å². The van der Waals surface area contributed by atoms with Gasteiger partial charge in [0.2, 0.25) is 0 Å². The fraction of sp³-hybridized carbons (Fsp3) is 0.111. The number of halogens is 1. The molecule has 0 aliphatic rings. The highest BCUT2D eigenvalue weighted by Crippen LogP contribution is 2.26. The number of amides is 1. The summed E-state index contributed by atoms with van der Waals surface area (Å²) in [4.78, 5) is 16.2. The molecule has 24 heavy (non-hydrogen) atoms. The maximum atomic E-state index is 12.2. The maximum absolute atomic E-state index is 12.2. The van der Waals surface area contributed by atoms with Gasteiger partial charge in [-0.2, -0.15) is 0 Å². The SMILES string of the molecule is Cc1ccc(NC(=O)c2ccc(SCc3ccncc3)o2)cc1Cl. The van der Waals surface area contributed by atoms with Gasteiger partial charge in [-0.25, -0.2) is 0 Å². The van der Waals surface area contributed by atoms with Gasteiger partial charge in [-0.3, -0.25) is 9.78 Å². The first-order valence-corrected chi connectivity index (χ1v) is 8.67. The van der Waals surface area contributed by atoms with Crippen molar-refractivity contribution >= 4 is 35.0 Å². The molecule has 0 saturated heterocycles. The summed E-state index contributed by atoms with van der Waals surface area (Å²) in [6.45, 7) is 1.91. The molecule has 1 amide bonds. The van der Waals surface area contributed by atoms with Crippen LogP contribution in [0.5, 0.6) is 0 Å². The molecule has 3 aromatic rings. The van der Waals surface area contributed by atoms with Gasteiger partial charge < -0.3 is 9.73 Å². The van der Waals surface area contributed by atoms with E-state index in [4.69, 9.17) is 16.0 Å². The lowest BCUT2D eigenvalue weighted by Gasteiger charge is -2.05. The van der Waals surface area contributed by atoms with Gasteiger partial charge in [-0.1, -0.05) is 29.4 Å². The molecule has 0 atom stereocenters. The van der Waals surface area contributed by atoms with Gasteiger partial charge in [-0.15, -0.1) is 0 Å². The van der Waals surface area contributed by atoms with E-state index in [2.05, 4.69) is 10.3 Å². The number of aryl methyl sites for hydroxylation is 1. The number of carbonyl (C=O) groups excluding carboxylic acids is 1. The Morgan fingerprint density at radius 1 is 1.21 bits per heavy atom. The van der Waals surface area contributed by atoms with E-state index in [1.807, 2.05) is 25.1 Å². The number of benzene rings is 1. The van der Waals surface area contributed by atoms with Crippen molar-refractivity contribution in [3.8, 4) is 0 Å². The molecular weight excluding hydrogens is 344 g/mol. The van der Waals surface area contributed by atoms with E-state index >= 15 is 0 Å². The van der Waals surface area contributed by atoms with E-state index in [0.717, 1.165) is 16.9 Å². The molecule has 0 aliphatic heterocycles. The van der Waals surface area contributed by atoms with Crippen LogP contribution >= 0.6 is 23.4 Å². The first-order valence-electron chi connectivity index (χ1n) is 7.31. The summed E-state index contributed by atoms with van der Waals surface area (Å²) >= 11 is 7.59. The van der Waals surface area contributed by atoms with Crippen LogP contribution in [0.15, 0.2) is 64.4 Å². The first kappa shape index (κ1) is 16.6. The Kier molecular flexibility index (Phi) is 5.23. The number of aromatic nitrogens is 1. The third-order valence-electron chi connectivity index (χ3n) is 3.37. The molecule has 0 saturated carbocycles. The van der Waals surface area contributed by atoms with E-state index in [1.54, 1.807) is 36.7 Å². The molecule has 1 aromatic carbocycles. The van der Waals surface area contributed by atoms with Crippen molar-refractivity contribution in [2.45, 2.75) is 17.8 Å². The highest BCUT2D eigenvalue weighted by atomic mass is 35.5. The van der Waals surface area contributed by atoms with Crippen molar-refractivity contribution in [3.05, 3.63) is 76.8 Å². The number of thioether (sulfide) groups is 1. The molecule has 1 N–H and O–H groups in total. The molecule has 2 heterocycles. The molecule has 0 fully saturated rings. The summed E-state index contributed by atoms with van der Waals surface area (Å²) < 4.78 is 5.60. The molecule has 0 spiro atoms.